The van der Waals surface area contributed by atoms with Gasteiger partial charge in [-0.2, -0.15) is 0 Å². The lowest BCUT2D eigenvalue weighted by atomic mass is 10.1. The lowest BCUT2D eigenvalue weighted by molar-refractivity contribution is 0.474. The molecule has 0 aliphatic carbocycles. The molecule has 2 nitrogen and oxygen atoms in total. The van der Waals surface area contributed by atoms with Crippen LogP contribution in [0.3, 0.4) is 0 Å². The van der Waals surface area contributed by atoms with Crippen LogP contribution in [0.1, 0.15) is 5.56 Å². The lowest BCUT2D eigenvalue weighted by Crippen LogP contribution is -2.10. The highest BCUT2D eigenvalue weighted by atomic mass is 79.9. The van der Waals surface area contributed by atoms with Crippen LogP contribution >= 0.6 is 15.9 Å². The standard InChI is InChI=1S/C9H12BrNO/c1-11-5-4-7-6-8(12)2-3-9(7)10/h2-3,6,11-12H,4-5H2,1H3. The number of halogens is 1. The molecule has 0 radical (unpaired) electrons. The predicted molar refractivity (Wildman–Crippen MR) is 53.4 cm³/mol. The van der Waals surface area contributed by atoms with E-state index in [1.807, 2.05) is 13.1 Å². The SMILES string of the molecule is CNCCc1cc(O)ccc1Br. The fourth-order valence-corrected chi connectivity index (χ4v) is 1.46. The fourth-order valence-electron chi connectivity index (χ4n) is 1.01. The van der Waals surface area contributed by atoms with E-state index in [9.17, 15) is 5.11 Å². The molecule has 0 heterocycles. The fraction of sp³-hybridized carbons (Fsp3) is 0.333. The van der Waals surface area contributed by atoms with Crippen molar-refractivity contribution in [1.82, 2.24) is 5.32 Å². The molecule has 0 unspecified atom stereocenters. The molecule has 0 fully saturated rings. The maximum absolute atomic E-state index is 9.20. The maximum Gasteiger partial charge on any atom is 0.115 e. The number of aromatic hydroxyl groups is 1. The molecule has 0 saturated carbocycles. The van der Waals surface area contributed by atoms with Gasteiger partial charge in [-0.25, -0.2) is 0 Å². The second kappa shape index (κ2) is 4.48. The number of phenols is 1. The molecule has 0 aliphatic heterocycles. The van der Waals surface area contributed by atoms with Crippen molar-refractivity contribution in [1.29, 1.82) is 0 Å². The number of likely N-dealkylation sites (N-methyl/N-ethyl adjacent to an activating group) is 1. The van der Waals surface area contributed by atoms with E-state index in [1.54, 1.807) is 12.1 Å². The average Bonchev–Trinajstić information content (AvgIpc) is 2.07. The van der Waals surface area contributed by atoms with Gasteiger partial charge in [0.1, 0.15) is 5.75 Å². The lowest BCUT2D eigenvalue weighted by Gasteiger charge is -2.03. The van der Waals surface area contributed by atoms with Gasteiger partial charge in [0, 0.05) is 4.47 Å². The summed E-state index contributed by atoms with van der Waals surface area (Å²) in [6.45, 7) is 0.919. The van der Waals surface area contributed by atoms with Crippen LogP contribution in [0.4, 0.5) is 0 Å². The van der Waals surface area contributed by atoms with Crippen molar-refractivity contribution in [3.8, 4) is 5.75 Å². The average molecular weight is 230 g/mol. The van der Waals surface area contributed by atoms with Gasteiger partial charge in [-0.1, -0.05) is 15.9 Å². The zero-order chi connectivity index (χ0) is 8.97. The van der Waals surface area contributed by atoms with E-state index in [4.69, 9.17) is 0 Å². The topological polar surface area (TPSA) is 32.3 Å². The second-order valence-electron chi connectivity index (χ2n) is 2.63. The van der Waals surface area contributed by atoms with Crippen LogP contribution in [0, 0.1) is 0 Å². The maximum atomic E-state index is 9.20. The largest absolute Gasteiger partial charge is 0.508 e. The summed E-state index contributed by atoms with van der Waals surface area (Å²) < 4.78 is 1.05. The van der Waals surface area contributed by atoms with Gasteiger partial charge in [-0.3, -0.25) is 0 Å². The monoisotopic (exact) mass is 229 g/mol. The Morgan fingerprint density at radius 3 is 2.92 bits per heavy atom. The number of rotatable bonds is 3. The van der Waals surface area contributed by atoms with Crippen LogP contribution in [-0.4, -0.2) is 18.7 Å². The van der Waals surface area contributed by atoms with Gasteiger partial charge in [0.2, 0.25) is 0 Å². The molecule has 3 heteroatoms. The highest BCUT2D eigenvalue weighted by molar-refractivity contribution is 9.10. The van der Waals surface area contributed by atoms with Crippen LogP contribution in [0.5, 0.6) is 5.75 Å². The number of phenolic OH excluding ortho intramolecular Hbond substituents is 1. The summed E-state index contributed by atoms with van der Waals surface area (Å²) in [5, 5.41) is 12.3. The third-order valence-electron chi connectivity index (χ3n) is 1.67. The summed E-state index contributed by atoms with van der Waals surface area (Å²) in [7, 11) is 1.91. The minimum atomic E-state index is 0.323. The first-order valence-corrected chi connectivity index (χ1v) is 4.65. The Bertz CT molecular complexity index is 263. The van der Waals surface area contributed by atoms with E-state index >= 15 is 0 Å². The number of hydrogen-bond acceptors (Lipinski definition) is 2. The van der Waals surface area contributed by atoms with Crippen molar-refractivity contribution in [3.05, 3.63) is 28.2 Å². The Labute approximate surface area is 80.7 Å². The Balaban J connectivity index is 2.75. The summed E-state index contributed by atoms with van der Waals surface area (Å²) in [5.41, 5.74) is 1.13. The second-order valence-corrected chi connectivity index (χ2v) is 3.48. The third-order valence-corrected chi connectivity index (χ3v) is 2.45. The quantitative estimate of drug-likeness (QED) is 0.831. The van der Waals surface area contributed by atoms with Crippen molar-refractivity contribution >= 4 is 15.9 Å². The summed E-state index contributed by atoms with van der Waals surface area (Å²) in [5.74, 6) is 0.323. The molecule has 0 bridgehead atoms. The first-order chi connectivity index (χ1) is 5.74. The van der Waals surface area contributed by atoms with Crippen LogP contribution < -0.4 is 5.32 Å². The summed E-state index contributed by atoms with van der Waals surface area (Å²) in [6, 6.07) is 5.31. The van der Waals surface area contributed by atoms with E-state index in [1.165, 1.54) is 0 Å². The van der Waals surface area contributed by atoms with Crippen LogP contribution in [0.15, 0.2) is 22.7 Å². The first kappa shape index (κ1) is 9.55. The van der Waals surface area contributed by atoms with Crippen molar-refractivity contribution in [3.63, 3.8) is 0 Å². The van der Waals surface area contributed by atoms with Crippen LogP contribution in [-0.2, 0) is 6.42 Å². The van der Waals surface area contributed by atoms with Crippen molar-refractivity contribution in [2.24, 2.45) is 0 Å². The Kier molecular flexibility index (Phi) is 3.56. The van der Waals surface area contributed by atoms with E-state index < -0.39 is 0 Å². The highest BCUT2D eigenvalue weighted by Crippen LogP contribution is 2.21. The van der Waals surface area contributed by atoms with Crippen molar-refractivity contribution < 1.29 is 5.11 Å². The predicted octanol–water partition coefficient (Wildman–Crippen LogP) is 1.92. The van der Waals surface area contributed by atoms with Gasteiger partial charge in [-0.15, -0.1) is 0 Å². The Morgan fingerprint density at radius 1 is 1.50 bits per heavy atom. The summed E-state index contributed by atoms with van der Waals surface area (Å²) in [4.78, 5) is 0. The molecule has 0 amide bonds. The van der Waals surface area contributed by atoms with Crippen LogP contribution in [0.2, 0.25) is 0 Å². The van der Waals surface area contributed by atoms with Gasteiger partial charge < -0.3 is 10.4 Å². The molecule has 0 aromatic heterocycles. The normalized spacial score (nSPS) is 10.2. The zero-order valence-electron chi connectivity index (χ0n) is 6.97. The molecule has 0 aliphatic rings. The molecule has 12 heavy (non-hydrogen) atoms. The van der Waals surface area contributed by atoms with E-state index in [2.05, 4.69) is 21.2 Å². The number of benzene rings is 1. The molecule has 1 aromatic rings. The minimum Gasteiger partial charge on any atom is -0.508 e. The molecule has 0 saturated heterocycles. The molecular formula is C9H12BrNO. The van der Waals surface area contributed by atoms with E-state index in [0.29, 0.717) is 5.75 Å². The molecule has 2 N–H and O–H groups in total. The van der Waals surface area contributed by atoms with Gasteiger partial charge in [0.05, 0.1) is 0 Å². The van der Waals surface area contributed by atoms with E-state index in [-0.39, 0.29) is 0 Å². The molecule has 66 valence electrons. The first-order valence-electron chi connectivity index (χ1n) is 3.86. The van der Waals surface area contributed by atoms with Crippen molar-refractivity contribution in [2.45, 2.75) is 6.42 Å². The summed E-state index contributed by atoms with van der Waals surface area (Å²) >= 11 is 3.42. The molecule has 1 aromatic carbocycles. The zero-order valence-corrected chi connectivity index (χ0v) is 8.56. The van der Waals surface area contributed by atoms with Crippen molar-refractivity contribution in [2.75, 3.05) is 13.6 Å². The van der Waals surface area contributed by atoms with E-state index in [0.717, 1.165) is 23.0 Å². The van der Waals surface area contributed by atoms with Gasteiger partial charge in [0.15, 0.2) is 0 Å². The van der Waals surface area contributed by atoms with Gasteiger partial charge in [0.25, 0.3) is 0 Å². The van der Waals surface area contributed by atoms with Gasteiger partial charge in [-0.05, 0) is 43.8 Å². The molecule has 1 rings (SSSR count). The van der Waals surface area contributed by atoms with Gasteiger partial charge >= 0.3 is 0 Å². The minimum absolute atomic E-state index is 0.323. The number of nitrogens with one attached hydrogen (secondary N) is 1. The smallest absolute Gasteiger partial charge is 0.115 e. The third kappa shape index (κ3) is 2.50. The number of hydrogen-bond donors (Lipinski definition) is 2. The van der Waals surface area contributed by atoms with Crippen LogP contribution in [0.25, 0.3) is 0 Å². The molecule has 0 spiro atoms. The molecular weight excluding hydrogens is 218 g/mol. The highest BCUT2D eigenvalue weighted by Gasteiger charge is 1.99. The Morgan fingerprint density at radius 2 is 2.25 bits per heavy atom. The summed E-state index contributed by atoms with van der Waals surface area (Å²) in [6.07, 6.45) is 0.922. The Hall–Kier alpha value is -0.540. The molecule has 0 atom stereocenters.